The Morgan fingerprint density at radius 1 is 1.29 bits per heavy atom. The van der Waals surface area contributed by atoms with Crippen molar-refractivity contribution in [3.63, 3.8) is 0 Å². The summed E-state index contributed by atoms with van der Waals surface area (Å²) in [6, 6.07) is 10.8. The minimum Gasteiger partial charge on any atom is -1.00 e. The molecule has 0 aliphatic carbocycles. The van der Waals surface area contributed by atoms with Gasteiger partial charge < -0.3 is 24.0 Å². The Morgan fingerprint density at radius 3 is 2.53 bits per heavy atom. The summed E-state index contributed by atoms with van der Waals surface area (Å²) in [6.45, 7) is 6.87. The van der Waals surface area contributed by atoms with Crippen LogP contribution in [0, 0.1) is 0 Å². The van der Waals surface area contributed by atoms with Crippen molar-refractivity contribution >= 4 is 25.7 Å². The molecule has 17 heavy (non-hydrogen) atoms. The van der Waals surface area contributed by atoms with Gasteiger partial charge in [-0.2, -0.15) is 0 Å². The maximum Gasteiger partial charge on any atom is 0.256 e. The van der Waals surface area contributed by atoms with E-state index in [1.165, 1.54) is 10.7 Å². The third-order valence-electron chi connectivity index (χ3n) is 2.58. The molecule has 0 fully saturated rings. The Balaban J connectivity index is 0.00000144. The molecule has 2 N–H and O–H groups in total. The fourth-order valence-corrected chi connectivity index (χ4v) is 4.86. The summed E-state index contributed by atoms with van der Waals surface area (Å²) in [4.78, 5) is 5.15. The number of rotatable bonds is 3. The van der Waals surface area contributed by atoms with Crippen molar-refractivity contribution in [1.29, 1.82) is 0 Å². The summed E-state index contributed by atoms with van der Waals surface area (Å²) in [7, 11) is -0.350. The van der Waals surface area contributed by atoms with E-state index in [0.29, 0.717) is 4.87 Å². The van der Waals surface area contributed by atoms with Gasteiger partial charge in [-0.15, -0.1) is 0 Å². The predicted molar refractivity (Wildman–Crippen MR) is 73.4 cm³/mol. The first-order valence-electron chi connectivity index (χ1n) is 5.66. The van der Waals surface area contributed by atoms with E-state index in [9.17, 15) is 0 Å². The lowest BCUT2D eigenvalue weighted by Gasteiger charge is -2.17. The zero-order valence-electron chi connectivity index (χ0n) is 10.2. The summed E-state index contributed by atoms with van der Waals surface area (Å²) in [5.41, 5.74) is 1.45. The van der Waals surface area contributed by atoms with Crippen molar-refractivity contribution < 1.29 is 29.3 Å². The molecular weight excluding hydrogens is 359 g/mol. The molecule has 1 aliphatic rings. The molecule has 1 aromatic rings. The number of nitrogens with zero attached hydrogens (tertiary/aromatic N) is 1. The molecule has 0 bridgehead atoms. The predicted octanol–water partition coefficient (Wildman–Crippen LogP) is -1.31. The molecular formula is C12H18IN2SSi. The van der Waals surface area contributed by atoms with Gasteiger partial charge in [-0.05, 0) is 17.3 Å². The number of hydrogen-bond donors (Lipinski definition) is 1. The number of hydrogen-bond acceptors (Lipinski definition) is 2. The smallest absolute Gasteiger partial charge is 0.256 e. The summed E-state index contributed by atoms with van der Waals surface area (Å²) < 4.78 is 0. The van der Waals surface area contributed by atoms with Crippen molar-refractivity contribution in [3.8, 4) is 0 Å². The van der Waals surface area contributed by atoms with Gasteiger partial charge in [0.05, 0.1) is 15.3 Å². The first-order chi connectivity index (χ1) is 7.77. The first-order valence-corrected chi connectivity index (χ1v) is 9.12. The molecule has 2 nitrogen and oxygen atoms in total. The molecule has 2 rings (SSSR count). The van der Waals surface area contributed by atoms with Gasteiger partial charge in [0.15, 0.2) is 0 Å². The van der Waals surface area contributed by atoms with Gasteiger partial charge in [0, 0.05) is 4.87 Å². The Labute approximate surface area is 126 Å². The van der Waals surface area contributed by atoms with Gasteiger partial charge in [-0.3, -0.25) is 5.32 Å². The number of amidine groups is 1. The number of benzene rings is 1. The quantitative estimate of drug-likeness (QED) is 0.515. The minimum atomic E-state index is -0.350. The van der Waals surface area contributed by atoms with Crippen molar-refractivity contribution in [3.05, 3.63) is 35.9 Å². The van der Waals surface area contributed by atoms with E-state index in [4.69, 9.17) is 0 Å². The van der Waals surface area contributed by atoms with Crippen molar-refractivity contribution in [1.82, 2.24) is 0 Å². The summed E-state index contributed by atoms with van der Waals surface area (Å²) in [5, 5.41) is 3.52. The van der Waals surface area contributed by atoms with E-state index in [-0.39, 0.29) is 32.8 Å². The largest absolute Gasteiger partial charge is 1.00 e. The number of halogens is 1. The summed E-state index contributed by atoms with van der Waals surface area (Å²) in [5.74, 6) is 0. The average Bonchev–Trinajstić information content (AvgIpc) is 2.79. The molecule has 5 heteroatoms. The normalized spacial score (nSPS) is 16.5. The van der Waals surface area contributed by atoms with Gasteiger partial charge in [-0.25, -0.2) is 4.99 Å². The molecule has 0 amide bonds. The fourth-order valence-electron chi connectivity index (χ4n) is 1.78. The summed E-state index contributed by atoms with van der Waals surface area (Å²) in [6.07, 6.45) is 0. The molecule has 0 aromatic heterocycles. The van der Waals surface area contributed by atoms with E-state index >= 15 is 0 Å². The molecule has 1 radical (unpaired) electrons. The van der Waals surface area contributed by atoms with Crippen LogP contribution in [0.1, 0.15) is 10.4 Å². The van der Waals surface area contributed by atoms with Crippen LogP contribution in [0.25, 0.3) is 0 Å². The maximum absolute atomic E-state index is 4.52. The lowest BCUT2D eigenvalue weighted by Crippen LogP contribution is -3.00. The lowest BCUT2D eigenvalue weighted by molar-refractivity contribution is -0.522. The number of aliphatic imine (C=N–C) groups is 1. The van der Waals surface area contributed by atoms with Gasteiger partial charge in [-0.1, -0.05) is 43.4 Å². The van der Waals surface area contributed by atoms with E-state index in [0.717, 1.165) is 13.1 Å². The number of thioether (sulfide) groups is 1. The minimum absolute atomic E-state index is 0. The summed E-state index contributed by atoms with van der Waals surface area (Å²) >= 11 is 1.95. The molecule has 1 aromatic carbocycles. The zero-order chi connectivity index (χ0) is 11.4. The molecule has 0 saturated carbocycles. The van der Waals surface area contributed by atoms with Crippen molar-refractivity contribution in [2.45, 2.75) is 18.0 Å². The number of nitrogens with two attached hydrogens (primary N) is 1. The van der Waals surface area contributed by atoms with Crippen LogP contribution >= 0.6 is 11.8 Å². The molecule has 0 saturated heterocycles. The highest BCUT2D eigenvalue weighted by Crippen LogP contribution is 2.31. The monoisotopic (exact) mass is 377 g/mol. The number of quaternary nitrogens is 1. The first kappa shape index (κ1) is 15.2. The van der Waals surface area contributed by atoms with E-state index < -0.39 is 0 Å². The van der Waals surface area contributed by atoms with Gasteiger partial charge in [0.1, 0.15) is 6.54 Å². The van der Waals surface area contributed by atoms with Crippen molar-refractivity contribution in [2.24, 2.45) is 4.99 Å². The van der Waals surface area contributed by atoms with Crippen LogP contribution in [0.2, 0.25) is 13.1 Å². The standard InChI is InChI=1S/C12H17N2SSi.HI/c1-16(2)11(10-6-4-3-5-7-10)15-12-13-8-9-14-12;/h3-7,11H,8-9H2,1-2H3,(H,13,14);1H. The average molecular weight is 377 g/mol. The molecule has 1 atom stereocenters. The molecule has 1 unspecified atom stereocenters. The second-order valence-corrected chi connectivity index (χ2v) is 8.47. The Kier molecular flexibility index (Phi) is 6.76. The molecule has 1 aliphatic heterocycles. The van der Waals surface area contributed by atoms with Crippen LogP contribution in [0.15, 0.2) is 35.3 Å². The molecule has 0 spiro atoms. The van der Waals surface area contributed by atoms with Crippen LogP contribution in [-0.4, -0.2) is 27.1 Å². The van der Waals surface area contributed by atoms with Gasteiger partial charge in [0.25, 0.3) is 5.17 Å². The van der Waals surface area contributed by atoms with Crippen molar-refractivity contribution in [2.75, 3.05) is 13.1 Å². The topological polar surface area (TPSA) is 29.0 Å². The lowest BCUT2D eigenvalue weighted by atomic mass is 10.2. The Hall–Kier alpha value is 0.147. The van der Waals surface area contributed by atoms with Crippen LogP contribution < -0.4 is 29.3 Å². The highest BCUT2D eigenvalue weighted by Gasteiger charge is 2.23. The third kappa shape index (κ3) is 4.39. The zero-order valence-corrected chi connectivity index (χ0v) is 14.2. The van der Waals surface area contributed by atoms with Gasteiger partial charge >= 0.3 is 0 Å². The Morgan fingerprint density at radius 2 is 2.00 bits per heavy atom. The SMILES string of the molecule is C[Si](C)C(SC1=NCC[NH2+]1)c1ccccc1.[I-]. The van der Waals surface area contributed by atoms with Crippen LogP contribution in [0.5, 0.6) is 0 Å². The second-order valence-electron chi connectivity index (χ2n) is 4.20. The highest BCUT2D eigenvalue weighted by molar-refractivity contribution is 8.14. The van der Waals surface area contributed by atoms with E-state index in [1.54, 1.807) is 0 Å². The second kappa shape index (κ2) is 7.55. The molecule has 1 heterocycles. The van der Waals surface area contributed by atoms with Crippen LogP contribution in [0.3, 0.4) is 0 Å². The van der Waals surface area contributed by atoms with Crippen LogP contribution in [-0.2, 0) is 0 Å². The van der Waals surface area contributed by atoms with Crippen LogP contribution in [0.4, 0.5) is 0 Å². The van der Waals surface area contributed by atoms with Gasteiger partial charge in [0.2, 0.25) is 0 Å². The highest BCUT2D eigenvalue weighted by atomic mass is 127. The third-order valence-corrected chi connectivity index (χ3v) is 6.78. The maximum atomic E-state index is 4.52. The fraction of sp³-hybridized carbons (Fsp3) is 0.417. The van der Waals surface area contributed by atoms with E-state index in [2.05, 4.69) is 53.7 Å². The Bertz CT molecular complexity index is 370. The molecule has 93 valence electrons. The van der Waals surface area contributed by atoms with E-state index in [1.807, 2.05) is 11.8 Å².